The van der Waals surface area contributed by atoms with Gasteiger partial charge >= 0.3 is 0 Å². The van der Waals surface area contributed by atoms with Crippen molar-refractivity contribution in [2.75, 3.05) is 11.9 Å². The fourth-order valence-corrected chi connectivity index (χ4v) is 1.41. The number of pyridine rings is 1. The number of nitrogens with one attached hydrogen (secondary N) is 2. The molecule has 2 rings (SSSR count). The predicted molar refractivity (Wildman–Crippen MR) is 43.9 cm³/mol. The van der Waals surface area contributed by atoms with Crippen molar-refractivity contribution in [1.82, 2.24) is 4.98 Å². The van der Waals surface area contributed by atoms with Crippen LogP contribution in [0.2, 0.25) is 0 Å². The lowest BCUT2D eigenvalue weighted by Crippen LogP contribution is -2.21. The zero-order valence-electron chi connectivity index (χ0n) is 6.18. The molecule has 0 spiro atoms. The van der Waals surface area contributed by atoms with Crippen LogP contribution in [-0.4, -0.2) is 11.5 Å². The molecule has 2 heterocycles. The molecule has 1 aromatic rings. The van der Waals surface area contributed by atoms with E-state index in [0.29, 0.717) is 0 Å². The number of anilines is 1. The van der Waals surface area contributed by atoms with Crippen LogP contribution in [0.3, 0.4) is 0 Å². The van der Waals surface area contributed by atoms with Gasteiger partial charge < -0.3 is 10.3 Å². The van der Waals surface area contributed by atoms with E-state index in [1.54, 1.807) is 6.20 Å². The summed E-state index contributed by atoms with van der Waals surface area (Å²) in [5, 5.41) is 3.18. The Bertz CT molecular complexity index is 316. The molecule has 1 aliphatic heterocycles. The van der Waals surface area contributed by atoms with Crippen molar-refractivity contribution in [3.8, 4) is 0 Å². The van der Waals surface area contributed by atoms with Crippen molar-refractivity contribution in [3.63, 3.8) is 0 Å². The molecule has 0 bridgehead atoms. The number of H-pyrrole nitrogens is 1. The molecule has 0 aromatic carbocycles. The number of hydrogen-bond acceptors (Lipinski definition) is 2. The first kappa shape index (κ1) is 6.46. The summed E-state index contributed by atoms with van der Waals surface area (Å²) in [4.78, 5) is 13.8. The maximum Gasteiger partial charge on any atom is 0.253 e. The van der Waals surface area contributed by atoms with Crippen LogP contribution in [0.5, 0.6) is 0 Å². The second kappa shape index (κ2) is 2.42. The van der Waals surface area contributed by atoms with Crippen LogP contribution >= 0.6 is 0 Å². The highest BCUT2D eigenvalue weighted by Crippen LogP contribution is 2.15. The first-order chi connectivity index (χ1) is 5.38. The predicted octanol–water partition coefficient (Wildman–Crippen LogP) is 0.733. The van der Waals surface area contributed by atoms with Crippen LogP contribution in [0, 0.1) is 0 Å². The lowest BCUT2D eigenvalue weighted by atomic mass is 10.1. The third-order valence-electron chi connectivity index (χ3n) is 1.98. The van der Waals surface area contributed by atoms with Crippen LogP contribution in [0.1, 0.15) is 12.0 Å². The van der Waals surface area contributed by atoms with Gasteiger partial charge in [-0.3, -0.25) is 4.79 Å². The Balaban J connectivity index is 2.58. The van der Waals surface area contributed by atoms with Crippen LogP contribution in [-0.2, 0) is 6.42 Å². The van der Waals surface area contributed by atoms with Crippen molar-refractivity contribution in [2.24, 2.45) is 0 Å². The molecule has 58 valence electrons. The Morgan fingerprint density at radius 1 is 1.45 bits per heavy atom. The molecule has 0 aliphatic carbocycles. The number of fused-ring (bicyclic) bond motifs is 1. The minimum Gasteiger partial charge on any atom is -0.385 e. The average Bonchev–Trinajstić information content (AvgIpc) is 2.06. The SMILES string of the molecule is O=c1[nH]ccc2c1CCCN2. The maximum atomic E-state index is 11.2. The van der Waals surface area contributed by atoms with Crippen molar-refractivity contribution < 1.29 is 0 Å². The van der Waals surface area contributed by atoms with E-state index in [4.69, 9.17) is 0 Å². The molecule has 0 atom stereocenters. The highest BCUT2D eigenvalue weighted by Gasteiger charge is 2.09. The molecule has 2 N–H and O–H groups in total. The normalized spacial score (nSPS) is 15.3. The molecule has 1 aromatic heterocycles. The summed E-state index contributed by atoms with van der Waals surface area (Å²) >= 11 is 0. The molecule has 11 heavy (non-hydrogen) atoms. The second-order valence-electron chi connectivity index (χ2n) is 2.73. The van der Waals surface area contributed by atoms with Gasteiger partial charge in [-0.15, -0.1) is 0 Å². The van der Waals surface area contributed by atoms with E-state index in [1.165, 1.54) is 0 Å². The van der Waals surface area contributed by atoms with E-state index in [0.717, 1.165) is 30.6 Å². The molecule has 3 heteroatoms. The first-order valence-corrected chi connectivity index (χ1v) is 3.82. The second-order valence-corrected chi connectivity index (χ2v) is 2.73. The van der Waals surface area contributed by atoms with Crippen molar-refractivity contribution in [2.45, 2.75) is 12.8 Å². The fourth-order valence-electron chi connectivity index (χ4n) is 1.41. The van der Waals surface area contributed by atoms with E-state index in [-0.39, 0.29) is 5.56 Å². The molecule has 0 radical (unpaired) electrons. The molecule has 0 saturated heterocycles. The van der Waals surface area contributed by atoms with Crippen molar-refractivity contribution in [3.05, 3.63) is 28.2 Å². The summed E-state index contributed by atoms with van der Waals surface area (Å²) in [7, 11) is 0. The number of aromatic amines is 1. The summed E-state index contributed by atoms with van der Waals surface area (Å²) in [5.41, 5.74) is 1.95. The summed E-state index contributed by atoms with van der Waals surface area (Å²) in [6, 6.07) is 1.91. The van der Waals surface area contributed by atoms with Gasteiger partial charge in [-0.1, -0.05) is 0 Å². The van der Waals surface area contributed by atoms with Gasteiger partial charge in [0.15, 0.2) is 0 Å². The molecule has 0 fully saturated rings. The first-order valence-electron chi connectivity index (χ1n) is 3.82. The summed E-state index contributed by atoms with van der Waals surface area (Å²) in [6.45, 7) is 0.983. The zero-order valence-corrected chi connectivity index (χ0v) is 6.18. The van der Waals surface area contributed by atoms with Gasteiger partial charge in [0.25, 0.3) is 5.56 Å². The van der Waals surface area contributed by atoms with Crippen LogP contribution < -0.4 is 10.9 Å². The summed E-state index contributed by atoms with van der Waals surface area (Å²) < 4.78 is 0. The lowest BCUT2D eigenvalue weighted by Gasteiger charge is -2.15. The molecular formula is C8H10N2O. The van der Waals surface area contributed by atoms with E-state index in [9.17, 15) is 4.79 Å². The molecular weight excluding hydrogens is 140 g/mol. The van der Waals surface area contributed by atoms with Crippen LogP contribution in [0.4, 0.5) is 5.69 Å². The Hall–Kier alpha value is -1.25. The Kier molecular flexibility index (Phi) is 1.42. The van der Waals surface area contributed by atoms with Crippen LogP contribution in [0.25, 0.3) is 0 Å². The van der Waals surface area contributed by atoms with Gasteiger partial charge in [-0.2, -0.15) is 0 Å². The lowest BCUT2D eigenvalue weighted by molar-refractivity contribution is 0.815. The van der Waals surface area contributed by atoms with Gasteiger partial charge in [0.1, 0.15) is 0 Å². The highest BCUT2D eigenvalue weighted by atomic mass is 16.1. The zero-order chi connectivity index (χ0) is 7.68. The molecule has 3 nitrogen and oxygen atoms in total. The van der Waals surface area contributed by atoms with Gasteiger partial charge in [0.05, 0.1) is 0 Å². The number of aromatic nitrogens is 1. The highest BCUT2D eigenvalue weighted by molar-refractivity contribution is 5.50. The standard InChI is InChI=1S/C8H10N2O/c11-8-6-2-1-4-9-7(6)3-5-10-8/h3,5,9H,1-2,4H2,(H,10,11). The fraction of sp³-hybridized carbons (Fsp3) is 0.375. The third-order valence-corrected chi connectivity index (χ3v) is 1.98. The molecule has 0 unspecified atom stereocenters. The third kappa shape index (κ3) is 1.02. The summed E-state index contributed by atoms with van der Waals surface area (Å²) in [6.07, 6.45) is 3.64. The topological polar surface area (TPSA) is 44.9 Å². The van der Waals surface area contributed by atoms with Gasteiger partial charge in [-0.25, -0.2) is 0 Å². The van der Waals surface area contributed by atoms with Crippen molar-refractivity contribution in [1.29, 1.82) is 0 Å². The molecule has 0 saturated carbocycles. The minimum atomic E-state index is 0.0506. The minimum absolute atomic E-state index is 0.0506. The van der Waals surface area contributed by atoms with Gasteiger partial charge in [0.2, 0.25) is 0 Å². The average molecular weight is 150 g/mol. The Labute approximate surface area is 64.5 Å². The number of rotatable bonds is 0. The quantitative estimate of drug-likeness (QED) is 0.572. The Morgan fingerprint density at radius 2 is 2.36 bits per heavy atom. The van der Waals surface area contributed by atoms with Crippen molar-refractivity contribution >= 4 is 5.69 Å². The Morgan fingerprint density at radius 3 is 3.18 bits per heavy atom. The summed E-state index contributed by atoms with van der Waals surface area (Å²) in [5.74, 6) is 0. The molecule has 1 aliphatic rings. The monoisotopic (exact) mass is 150 g/mol. The van der Waals surface area contributed by atoms with E-state index >= 15 is 0 Å². The van der Waals surface area contributed by atoms with E-state index in [1.807, 2.05) is 6.07 Å². The number of hydrogen-bond donors (Lipinski definition) is 2. The van der Waals surface area contributed by atoms with E-state index in [2.05, 4.69) is 10.3 Å². The van der Waals surface area contributed by atoms with Gasteiger partial charge in [0, 0.05) is 24.0 Å². The maximum absolute atomic E-state index is 11.2. The molecule has 0 amide bonds. The largest absolute Gasteiger partial charge is 0.385 e. The van der Waals surface area contributed by atoms with Crippen LogP contribution in [0.15, 0.2) is 17.1 Å². The van der Waals surface area contributed by atoms with E-state index < -0.39 is 0 Å². The van der Waals surface area contributed by atoms with Gasteiger partial charge in [-0.05, 0) is 18.9 Å². The smallest absolute Gasteiger partial charge is 0.253 e.